The van der Waals surface area contributed by atoms with Gasteiger partial charge in [-0.05, 0) is 24.3 Å². The maximum Gasteiger partial charge on any atom is 0.253 e. The molecule has 4 rings (SSSR count). The lowest BCUT2D eigenvalue weighted by molar-refractivity contribution is 0.0746. The summed E-state index contributed by atoms with van der Waals surface area (Å²) in [5.41, 5.74) is 0.686. The molecule has 0 atom stereocenters. The lowest BCUT2D eigenvalue weighted by atomic mass is 10.1. The van der Waals surface area contributed by atoms with Gasteiger partial charge in [0.05, 0.1) is 20.3 Å². The molecule has 0 aliphatic carbocycles. The lowest BCUT2D eigenvalue weighted by Gasteiger charge is -2.36. The average Bonchev–Trinajstić information content (AvgIpc) is 2.79. The minimum atomic E-state index is 0.0546. The van der Waals surface area contributed by atoms with Gasteiger partial charge < -0.3 is 24.2 Å². The van der Waals surface area contributed by atoms with Gasteiger partial charge in [0.1, 0.15) is 23.7 Å². The van der Waals surface area contributed by atoms with Crippen LogP contribution in [0.25, 0.3) is 0 Å². The van der Waals surface area contributed by atoms with Gasteiger partial charge in [-0.2, -0.15) is 0 Å². The van der Waals surface area contributed by atoms with Gasteiger partial charge in [-0.1, -0.05) is 0 Å². The fourth-order valence-electron chi connectivity index (χ4n) is 3.53. The zero-order chi connectivity index (χ0) is 19.3. The van der Waals surface area contributed by atoms with Crippen LogP contribution in [0, 0.1) is 0 Å². The van der Waals surface area contributed by atoms with Crippen LogP contribution in [0.2, 0.25) is 0 Å². The zero-order valence-electron chi connectivity index (χ0n) is 16.1. The van der Waals surface area contributed by atoms with E-state index in [4.69, 9.17) is 9.47 Å². The Labute approximate surface area is 164 Å². The third-order valence-electron chi connectivity index (χ3n) is 5.20. The highest BCUT2D eigenvalue weighted by molar-refractivity contribution is 5.94. The molecular weight excluding hydrogens is 358 g/mol. The Kier molecular flexibility index (Phi) is 5.57. The SMILES string of the molecule is COc1ccc(C(=O)N2CCN(c3cc(N4CCOCC4)ncn3)CC2)cc1. The summed E-state index contributed by atoms with van der Waals surface area (Å²) in [6.45, 7) is 5.99. The number of nitrogens with zero attached hydrogens (tertiary/aromatic N) is 5. The minimum absolute atomic E-state index is 0.0546. The van der Waals surface area contributed by atoms with E-state index in [1.807, 2.05) is 35.2 Å². The normalized spacial score (nSPS) is 17.5. The van der Waals surface area contributed by atoms with E-state index in [0.29, 0.717) is 18.7 Å². The number of carbonyl (C=O) groups is 1. The van der Waals surface area contributed by atoms with E-state index in [1.165, 1.54) is 0 Å². The van der Waals surface area contributed by atoms with Gasteiger partial charge in [0.15, 0.2) is 0 Å². The van der Waals surface area contributed by atoms with E-state index in [9.17, 15) is 4.79 Å². The Balaban J connectivity index is 1.37. The van der Waals surface area contributed by atoms with E-state index in [2.05, 4.69) is 19.8 Å². The number of hydrogen-bond acceptors (Lipinski definition) is 7. The standard InChI is InChI=1S/C20H25N5O3/c1-27-17-4-2-16(3-5-17)20(26)25-8-6-23(7-9-25)18-14-19(22-15-21-18)24-10-12-28-13-11-24/h2-5,14-15H,6-13H2,1H3. The second-order valence-corrected chi connectivity index (χ2v) is 6.84. The summed E-state index contributed by atoms with van der Waals surface area (Å²) in [5.74, 6) is 2.65. The van der Waals surface area contributed by atoms with Gasteiger partial charge in [0, 0.05) is 50.9 Å². The molecule has 0 saturated carbocycles. The van der Waals surface area contributed by atoms with Crippen molar-refractivity contribution in [3.8, 4) is 5.75 Å². The molecule has 2 aliphatic rings. The van der Waals surface area contributed by atoms with Crippen LogP contribution in [0.15, 0.2) is 36.7 Å². The molecule has 0 radical (unpaired) electrons. The van der Waals surface area contributed by atoms with Crippen molar-refractivity contribution in [2.45, 2.75) is 0 Å². The van der Waals surface area contributed by atoms with Gasteiger partial charge in [-0.25, -0.2) is 9.97 Å². The Morgan fingerprint density at radius 1 is 0.929 bits per heavy atom. The molecule has 0 bridgehead atoms. The second kappa shape index (κ2) is 8.43. The van der Waals surface area contributed by atoms with E-state index in [1.54, 1.807) is 13.4 Å². The molecule has 0 N–H and O–H groups in total. The maximum absolute atomic E-state index is 12.7. The first-order valence-corrected chi connectivity index (χ1v) is 9.57. The molecule has 8 nitrogen and oxygen atoms in total. The number of anilines is 2. The smallest absolute Gasteiger partial charge is 0.253 e. The number of amides is 1. The first-order valence-electron chi connectivity index (χ1n) is 9.57. The molecule has 1 aromatic carbocycles. The molecule has 2 saturated heterocycles. The molecule has 0 unspecified atom stereocenters. The van der Waals surface area contributed by atoms with Crippen molar-refractivity contribution in [2.24, 2.45) is 0 Å². The summed E-state index contributed by atoms with van der Waals surface area (Å²) < 4.78 is 10.6. The van der Waals surface area contributed by atoms with Gasteiger partial charge in [0.2, 0.25) is 0 Å². The van der Waals surface area contributed by atoms with Crippen molar-refractivity contribution < 1.29 is 14.3 Å². The Bertz CT molecular complexity index is 800. The minimum Gasteiger partial charge on any atom is -0.497 e. The summed E-state index contributed by atoms with van der Waals surface area (Å²) in [6, 6.07) is 9.29. The summed E-state index contributed by atoms with van der Waals surface area (Å²) in [5, 5.41) is 0. The number of aromatic nitrogens is 2. The van der Waals surface area contributed by atoms with Gasteiger partial charge in [-0.15, -0.1) is 0 Å². The number of carbonyl (C=O) groups excluding carboxylic acids is 1. The molecule has 28 heavy (non-hydrogen) atoms. The van der Waals surface area contributed by atoms with Crippen molar-refractivity contribution >= 4 is 17.5 Å². The zero-order valence-corrected chi connectivity index (χ0v) is 16.1. The molecule has 1 aromatic heterocycles. The average molecular weight is 383 g/mol. The van der Waals surface area contributed by atoms with E-state index >= 15 is 0 Å². The number of ether oxygens (including phenoxy) is 2. The molecule has 0 spiro atoms. The molecule has 148 valence electrons. The lowest BCUT2D eigenvalue weighted by Crippen LogP contribution is -2.49. The second-order valence-electron chi connectivity index (χ2n) is 6.84. The van der Waals surface area contributed by atoms with Crippen LogP contribution >= 0.6 is 0 Å². The van der Waals surface area contributed by atoms with Crippen LogP contribution in [0.1, 0.15) is 10.4 Å². The van der Waals surface area contributed by atoms with Gasteiger partial charge >= 0.3 is 0 Å². The Morgan fingerprint density at radius 3 is 2.14 bits per heavy atom. The van der Waals surface area contributed by atoms with E-state index in [-0.39, 0.29) is 5.91 Å². The third-order valence-corrected chi connectivity index (χ3v) is 5.20. The molecule has 2 fully saturated rings. The first kappa shape index (κ1) is 18.5. The van der Waals surface area contributed by atoms with Crippen LogP contribution in [0.4, 0.5) is 11.6 Å². The molecule has 8 heteroatoms. The fourth-order valence-corrected chi connectivity index (χ4v) is 3.53. The van der Waals surface area contributed by atoms with Gasteiger partial charge in [-0.3, -0.25) is 4.79 Å². The largest absolute Gasteiger partial charge is 0.497 e. The van der Waals surface area contributed by atoms with Crippen LogP contribution in [-0.4, -0.2) is 80.4 Å². The number of morpholine rings is 1. The van der Waals surface area contributed by atoms with Crippen molar-refractivity contribution in [3.63, 3.8) is 0 Å². The highest BCUT2D eigenvalue weighted by Crippen LogP contribution is 2.21. The summed E-state index contributed by atoms with van der Waals surface area (Å²) >= 11 is 0. The monoisotopic (exact) mass is 383 g/mol. The van der Waals surface area contributed by atoms with Crippen LogP contribution in [-0.2, 0) is 4.74 Å². The van der Waals surface area contributed by atoms with Crippen molar-refractivity contribution in [1.29, 1.82) is 0 Å². The van der Waals surface area contributed by atoms with Crippen molar-refractivity contribution in [2.75, 3.05) is 69.4 Å². The molecule has 1 amide bonds. The van der Waals surface area contributed by atoms with Crippen molar-refractivity contribution in [3.05, 3.63) is 42.2 Å². The van der Waals surface area contributed by atoms with Crippen LogP contribution < -0.4 is 14.5 Å². The number of rotatable bonds is 4. The Hall–Kier alpha value is -2.87. The first-order chi connectivity index (χ1) is 13.7. The number of methoxy groups -OCH3 is 1. The predicted molar refractivity (Wildman–Crippen MR) is 106 cm³/mol. The highest BCUT2D eigenvalue weighted by atomic mass is 16.5. The van der Waals surface area contributed by atoms with E-state index < -0.39 is 0 Å². The topological polar surface area (TPSA) is 71.0 Å². The van der Waals surface area contributed by atoms with Gasteiger partial charge in [0.25, 0.3) is 5.91 Å². The van der Waals surface area contributed by atoms with E-state index in [0.717, 1.165) is 56.8 Å². The third kappa shape index (κ3) is 4.01. The number of hydrogen-bond donors (Lipinski definition) is 0. The molecule has 3 heterocycles. The predicted octanol–water partition coefficient (Wildman–Crippen LogP) is 1.28. The molecule has 2 aliphatic heterocycles. The van der Waals surface area contributed by atoms with Crippen LogP contribution in [0.3, 0.4) is 0 Å². The highest BCUT2D eigenvalue weighted by Gasteiger charge is 2.23. The quantitative estimate of drug-likeness (QED) is 0.788. The molecule has 2 aromatic rings. The fraction of sp³-hybridized carbons (Fsp3) is 0.450. The molecular formula is C20H25N5O3. The maximum atomic E-state index is 12.7. The summed E-state index contributed by atoms with van der Waals surface area (Å²) in [4.78, 5) is 27.9. The number of piperazine rings is 1. The summed E-state index contributed by atoms with van der Waals surface area (Å²) in [6.07, 6.45) is 1.62. The van der Waals surface area contributed by atoms with Crippen LogP contribution in [0.5, 0.6) is 5.75 Å². The summed E-state index contributed by atoms with van der Waals surface area (Å²) in [7, 11) is 1.62. The van der Waals surface area contributed by atoms with Crippen molar-refractivity contribution in [1.82, 2.24) is 14.9 Å². The Morgan fingerprint density at radius 2 is 1.54 bits per heavy atom. The number of benzene rings is 1.